The van der Waals surface area contributed by atoms with Crippen molar-refractivity contribution in [3.05, 3.63) is 17.9 Å². The Balaban J connectivity index is 1.97. The molecule has 0 radical (unpaired) electrons. The fourth-order valence-electron chi connectivity index (χ4n) is 2.00. The lowest BCUT2D eigenvalue weighted by Crippen LogP contribution is -2.46. The van der Waals surface area contributed by atoms with Crippen LogP contribution in [0.2, 0.25) is 0 Å². The number of ether oxygens (including phenoxy) is 1. The second-order valence-electron chi connectivity index (χ2n) is 4.95. The maximum absolute atomic E-state index is 11.5. The van der Waals surface area contributed by atoms with Crippen LogP contribution in [0.4, 0.5) is 0 Å². The zero-order chi connectivity index (χ0) is 13.9. The second kappa shape index (κ2) is 5.62. The second-order valence-corrected chi connectivity index (χ2v) is 6.77. The summed E-state index contributed by atoms with van der Waals surface area (Å²) in [6, 6.07) is 3.15. The molecule has 1 saturated heterocycles. The first-order valence-electron chi connectivity index (χ1n) is 6.30. The van der Waals surface area contributed by atoms with Gasteiger partial charge in [-0.05, 0) is 38.9 Å². The highest BCUT2D eigenvalue weighted by Crippen LogP contribution is 2.21. The van der Waals surface area contributed by atoms with Crippen molar-refractivity contribution in [1.82, 2.24) is 10.0 Å². The molecule has 0 bridgehead atoms. The van der Waals surface area contributed by atoms with E-state index in [1.165, 1.54) is 13.1 Å². The van der Waals surface area contributed by atoms with Crippen LogP contribution in [-0.2, 0) is 21.3 Å². The fraction of sp³-hybridized carbons (Fsp3) is 0.667. The van der Waals surface area contributed by atoms with E-state index < -0.39 is 10.0 Å². The zero-order valence-corrected chi connectivity index (χ0v) is 12.0. The van der Waals surface area contributed by atoms with Crippen molar-refractivity contribution >= 4 is 10.0 Å². The fourth-order valence-corrected chi connectivity index (χ4v) is 2.66. The molecule has 1 aliphatic rings. The van der Waals surface area contributed by atoms with E-state index in [1.807, 2.05) is 0 Å². The summed E-state index contributed by atoms with van der Waals surface area (Å²) in [5.74, 6) is 0.613. The van der Waals surface area contributed by atoms with Crippen molar-refractivity contribution < 1.29 is 17.6 Å². The number of nitrogens with one attached hydrogen (secondary N) is 2. The van der Waals surface area contributed by atoms with Gasteiger partial charge in [0, 0.05) is 18.8 Å². The highest BCUT2D eigenvalue weighted by Gasteiger charge is 2.27. The molecule has 2 rings (SSSR count). The summed E-state index contributed by atoms with van der Waals surface area (Å²) in [4.78, 5) is 0. The molecule has 7 heteroatoms. The van der Waals surface area contributed by atoms with Crippen molar-refractivity contribution in [1.29, 1.82) is 0 Å². The number of rotatable bonds is 5. The molecular formula is C12H20N2O4S. The van der Waals surface area contributed by atoms with Crippen LogP contribution in [0.5, 0.6) is 0 Å². The molecule has 0 spiro atoms. The van der Waals surface area contributed by atoms with Gasteiger partial charge in [0.2, 0.25) is 5.09 Å². The lowest BCUT2D eigenvalue weighted by molar-refractivity contribution is 0.0438. The number of hydrogen-bond acceptors (Lipinski definition) is 5. The van der Waals surface area contributed by atoms with Gasteiger partial charge in [0.25, 0.3) is 10.0 Å². The molecule has 0 aliphatic carbocycles. The molecule has 1 fully saturated rings. The number of hydrogen-bond donors (Lipinski definition) is 2. The third-order valence-corrected chi connectivity index (χ3v) is 4.74. The molecular weight excluding hydrogens is 268 g/mol. The van der Waals surface area contributed by atoms with Crippen molar-refractivity contribution in [2.24, 2.45) is 0 Å². The minimum atomic E-state index is -3.50. The van der Waals surface area contributed by atoms with Crippen LogP contribution in [-0.4, -0.2) is 34.2 Å². The summed E-state index contributed by atoms with van der Waals surface area (Å²) in [5.41, 5.74) is 0.0209. The Bertz CT molecular complexity index is 518. The van der Waals surface area contributed by atoms with E-state index in [0.29, 0.717) is 12.3 Å². The molecule has 1 aromatic heterocycles. The van der Waals surface area contributed by atoms with Crippen LogP contribution in [0, 0.1) is 0 Å². The van der Waals surface area contributed by atoms with E-state index in [1.54, 1.807) is 6.07 Å². The monoisotopic (exact) mass is 288 g/mol. The Labute approximate surface area is 113 Å². The van der Waals surface area contributed by atoms with Gasteiger partial charge in [-0.3, -0.25) is 0 Å². The average molecular weight is 288 g/mol. The first-order valence-corrected chi connectivity index (χ1v) is 7.79. The topological polar surface area (TPSA) is 80.6 Å². The van der Waals surface area contributed by atoms with E-state index in [-0.39, 0.29) is 10.6 Å². The summed E-state index contributed by atoms with van der Waals surface area (Å²) >= 11 is 0. The molecule has 0 aromatic carbocycles. The van der Waals surface area contributed by atoms with E-state index in [2.05, 4.69) is 17.0 Å². The first-order chi connectivity index (χ1) is 8.95. The molecule has 2 heterocycles. The quantitative estimate of drug-likeness (QED) is 0.839. The van der Waals surface area contributed by atoms with Crippen molar-refractivity contribution in [3.8, 4) is 0 Å². The van der Waals surface area contributed by atoms with Gasteiger partial charge in [-0.2, -0.15) is 0 Å². The first kappa shape index (κ1) is 14.5. The Kier molecular flexibility index (Phi) is 4.29. The van der Waals surface area contributed by atoms with E-state index in [4.69, 9.17) is 9.15 Å². The normalized spacial score (nSPS) is 19.5. The minimum absolute atomic E-state index is 0.0209. The molecule has 0 unspecified atom stereocenters. The molecule has 0 atom stereocenters. The van der Waals surface area contributed by atoms with Crippen LogP contribution < -0.4 is 10.0 Å². The van der Waals surface area contributed by atoms with Gasteiger partial charge >= 0.3 is 0 Å². The molecule has 0 saturated carbocycles. The summed E-state index contributed by atoms with van der Waals surface area (Å²) in [5, 5.41) is 3.36. The van der Waals surface area contributed by atoms with Crippen molar-refractivity contribution in [2.75, 3.05) is 20.3 Å². The van der Waals surface area contributed by atoms with Gasteiger partial charge in [0.1, 0.15) is 5.76 Å². The number of sulfonamides is 1. The highest BCUT2D eigenvalue weighted by atomic mass is 32.2. The third-order valence-electron chi connectivity index (χ3n) is 3.46. The average Bonchev–Trinajstić information content (AvgIpc) is 2.87. The van der Waals surface area contributed by atoms with Gasteiger partial charge < -0.3 is 14.5 Å². The summed E-state index contributed by atoms with van der Waals surface area (Å²) in [6.45, 7) is 4.15. The number of furan rings is 1. The Morgan fingerprint density at radius 3 is 2.63 bits per heavy atom. The lowest BCUT2D eigenvalue weighted by Gasteiger charge is -2.34. The van der Waals surface area contributed by atoms with Gasteiger partial charge in [0.05, 0.1) is 6.54 Å². The van der Waals surface area contributed by atoms with Gasteiger partial charge in [0.15, 0.2) is 0 Å². The lowest BCUT2D eigenvalue weighted by atomic mass is 9.92. The summed E-state index contributed by atoms with van der Waals surface area (Å²) in [7, 11) is -2.14. The molecule has 2 N–H and O–H groups in total. The molecule has 6 nitrogen and oxygen atoms in total. The molecule has 19 heavy (non-hydrogen) atoms. The Morgan fingerprint density at radius 2 is 2.00 bits per heavy atom. The zero-order valence-electron chi connectivity index (χ0n) is 11.2. The predicted octanol–water partition coefficient (Wildman–Crippen LogP) is 0.846. The smallest absolute Gasteiger partial charge is 0.273 e. The van der Waals surface area contributed by atoms with Gasteiger partial charge in [-0.15, -0.1) is 0 Å². The Hall–Kier alpha value is -0.890. The van der Waals surface area contributed by atoms with Crippen molar-refractivity contribution in [2.45, 2.75) is 36.9 Å². The maximum atomic E-state index is 11.5. The van der Waals surface area contributed by atoms with Crippen LogP contribution in [0.1, 0.15) is 25.5 Å². The van der Waals surface area contributed by atoms with E-state index in [9.17, 15) is 8.42 Å². The molecule has 1 aliphatic heterocycles. The van der Waals surface area contributed by atoms with Crippen molar-refractivity contribution in [3.63, 3.8) is 0 Å². The van der Waals surface area contributed by atoms with Crippen LogP contribution >= 0.6 is 0 Å². The molecule has 0 amide bonds. The molecule has 1 aromatic rings. The van der Waals surface area contributed by atoms with Crippen LogP contribution in [0.3, 0.4) is 0 Å². The van der Waals surface area contributed by atoms with Gasteiger partial charge in [-0.25, -0.2) is 13.1 Å². The van der Waals surface area contributed by atoms with Crippen LogP contribution in [0.15, 0.2) is 21.6 Å². The summed E-state index contributed by atoms with van der Waals surface area (Å²) < 4.78 is 36.0. The highest BCUT2D eigenvalue weighted by molar-refractivity contribution is 7.89. The predicted molar refractivity (Wildman–Crippen MR) is 70.3 cm³/mol. The molecule has 108 valence electrons. The minimum Gasteiger partial charge on any atom is -0.447 e. The maximum Gasteiger partial charge on any atom is 0.273 e. The largest absolute Gasteiger partial charge is 0.447 e. The van der Waals surface area contributed by atoms with E-state index in [0.717, 1.165) is 26.1 Å². The Morgan fingerprint density at radius 1 is 1.32 bits per heavy atom. The van der Waals surface area contributed by atoms with Gasteiger partial charge in [-0.1, -0.05) is 0 Å². The van der Waals surface area contributed by atoms with E-state index >= 15 is 0 Å². The SMILES string of the molecule is CNS(=O)(=O)c1ccc(CNC2(C)CCOCC2)o1. The van der Waals surface area contributed by atoms with Crippen LogP contribution in [0.25, 0.3) is 0 Å². The third kappa shape index (κ3) is 3.56. The summed E-state index contributed by atoms with van der Waals surface area (Å²) in [6.07, 6.45) is 1.88. The standard InChI is InChI=1S/C12H20N2O4S/c1-12(5-7-17-8-6-12)14-9-10-3-4-11(18-10)19(15,16)13-2/h3-4,13-14H,5-9H2,1-2H3.